The average molecular weight is 383 g/mol. The summed E-state index contributed by atoms with van der Waals surface area (Å²) in [6, 6.07) is 4.98. The van der Waals surface area contributed by atoms with Gasteiger partial charge in [0.2, 0.25) is 0 Å². The van der Waals surface area contributed by atoms with Crippen LogP contribution in [0.5, 0.6) is 0 Å². The Labute approximate surface area is 163 Å². The van der Waals surface area contributed by atoms with Crippen molar-refractivity contribution in [3.8, 4) is 0 Å². The second kappa shape index (κ2) is 13.9. The van der Waals surface area contributed by atoms with Crippen molar-refractivity contribution in [2.45, 2.75) is 45.9 Å². The molecule has 0 saturated carbocycles. The second-order valence-electron chi connectivity index (χ2n) is 6.20. The van der Waals surface area contributed by atoms with E-state index in [1.807, 2.05) is 12.3 Å². The standard InChI is InChI=1S/C20H35FN4S/c1-5-22-20(23-12-8-9-13-25(6-2)7-3)24-15-17-10-11-19(21)14-18(17)16-26-4/h10-11,14H,5-9,12-13,15-16H2,1-4H3,(H2,22,23,24). The number of thioether (sulfide) groups is 1. The molecule has 0 amide bonds. The van der Waals surface area contributed by atoms with Gasteiger partial charge in [-0.15, -0.1) is 0 Å². The third-order valence-corrected chi connectivity index (χ3v) is 4.91. The maximum Gasteiger partial charge on any atom is 0.191 e. The van der Waals surface area contributed by atoms with Crippen LogP contribution in [0.3, 0.4) is 0 Å². The molecule has 0 unspecified atom stereocenters. The summed E-state index contributed by atoms with van der Waals surface area (Å²) >= 11 is 1.70. The average Bonchev–Trinajstić information content (AvgIpc) is 2.64. The lowest BCUT2D eigenvalue weighted by atomic mass is 10.1. The van der Waals surface area contributed by atoms with Gasteiger partial charge < -0.3 is 15.5 Å². The summed E-state index contributed by atoms with van der Waals surface area (Å²) in [7, 11) is 0. The van der Waals surface area contributed by atoms with Gasteiger partial charge in [-0.25, -0.2) is 9.38 Å². The molecule has 0 saturated heterocycles. The van der Waals surface area contributed by atoms with Crippen LogP contribution in [0.1, 0.15) is 44.7 Å². The van der Waals surface area contributed by atoms with E-state index in [2.05, 4.69) is 41.3 Å². The van der Waals surface area contributed by atoms with E-state index in [1.54, 1.807) is 17.8 Å². The number of hydrogen-bond acceptors (Lipinski definition) is 3. The minimum Gasteiger partial charge on any atom is -0.357 e. The molecule has 0 aliphatic heterocycles. The zero-order valence-electron chi connectivity index (χ0n) is 16.8. The lowest BCUT2D eigenvalue weighted by molar-refractivity contribution is 0.297. The number of aliphatic imine (C=N–C) groups is 1. The van der Waals surface area contributed by atoms with Crippen molar-refractivity contribution >= 4 is 17.7 Å². The van der Waals surface area contributed by atoms with Crippen molar-refractivity contribution < 1.29 is 4.39 Å². The Kier molecular flexibility index (Phi) is 12.1. The van der Waals surface area contributed by atoms with E-state index in [-0.39, 0.29) is 5.82 Å². The van der Waals surface area contributed by atoms with Crippen molar-refractivity contribution in [2.75, 3.05) is 39.0 Å². The molecule has 0 heterocycles. The van der Waals surface area contributed by atoms with Gasteiger partial charge in [0.15, 0.2) is 5.96 Å². The van der Waals surface area contributed by atoms with E-state index in [1.165, 1.54) is 12.5 Å². The summed E-state index contributed by atoms with van der Waals surface area (Å²) < 4.78 is 13.5. The highest BCUT2D eigenvalue weighted by Crippen LogP contribution is 2.17. The van der Waals surface area contributed by atoms with Crippen LogP contribution in [0.4, 0.5) is 4.39 Å². The molecule has 4 nitrogen and oxygen atoms in total. The van der Waals surface area contributed by atoms with E-state index in [9.17, 15) is 4.39 Å². The Bertz CT molecular complexity index is 533. The van der Waals surface area contributed by atoms with Crippen LogP contribution in [0, 0.1) is 5.82 Å². The highest BCUT2D eigenvalue weighted by Gasteiger charge is 2.05. The van der Waals surface area contributed by atoms with Gasteiger partial charge >= 0.3 is 0 Å². The predicted octanol–water partition coefficient (Wildman–Crippen LogP) is 3.87. The smallest absolute Gasteiger partial charge is 0.191 e. The number of halogens is 1. The highest BCUT2D eigenvalue weighted by molar-refractivity contribution is 7.97. The van der Waals surface area contributed by atoms with E-state index in [0.29, 0.717) is 6.54 Å². The fourth-order valence-corrected chi connectivity index (χ4v) is 3.33. The van der Waals surface area contributed by atoms with Gasteiger partial charge in [-0.1, -0.05) is 19.9 Å². The molecular weight excluding hydrogens is 347 g/mol. The van der Waals surface area contributed by atoms with Gasteiger partial charge in [0.05, 0.1) is 6.54 Å². The highest BCUT2D eigenvalue weighted by atomic mass is 32.2. The molecule has 0 spiro atoms. The molecule has 26 heavy (non-hydrogen) atoms. The Morgan fingerprint density at radius 2 is 1.88 bits per heavy atom. The molecule has 1 aromatic rings. The van der Waals surface area contributed by atoms with E-state index in [4.69, 9.17) is 0 Å². The fraction of sp³-hybridized carbons (Fsp3) is 0.650. The molecule has 0 radical (unpaired) electrons. The monoisotopic (exact) mass is 382 g/mol. The molecule has 0 aliphatic carbocycles. The zero-order chi connectivity index (χ0) is 19.2. The van der Waals surface area contributed by atoms with Crippen molar-refractivity contribution in [3.63, 3.8) is 0 Å². The first-order valence-corrected chi connectivity index (χ1v) is 11.0. The number of unbranched alkanes of at least 4 members (excludes halogenated alkanes) is 1. The normalized spacial score (nSPS) is 11.8. The third-order valence-electron chi connectivity index (χ3n) is 4.31. The van der Waals surface area contributed by atoms with E-state index >= 15 is 0 Å². The zero-order valence-corrected chi connectivity index (χ0v) is 17.6. The van der Waals surface area contributed by atoms with Crippen LogP contribution in [-0.4, -0.2) is 49.8 Å². The summed E-state index contributed by atoms with van der Waals surface area (Å²) in [5.74, 6) is 1.45. The lowest BCUT2D eigenvalue weighted by Crippen LogP contribution is -2.38. The van der Waals surface area contributed by atoms with E-state index in [0.717, 1.165) is 62.0 Å². The minimum absolute atomic E-state index is 0.181. The number of nitrogens with zero attached hydrogens (tertiary/aromatic N) is 2. The number of guanidine groups is 1. The Morgan fingerprint density at radius 1 is 1.12 bits per heavy atom. The predicted molar refractivity (Wildman–Crippen MR) is 113 cm³/mol. The summed E-state index contributed by atoms with van der Waals surface area (Å²) in [5.41, 5.74) is 2.11. The first kappa shape index (κ1) is 22.8. The van der Waals surface area contributed by atoms with Crippen LogP contribution in [-0.2, 0) is 12.3 Å². The quantitative estimate of drug-likeness (QED) is 0.327. The molecule has 0 atom stereocenters. The SMILES string of the molecule is CCNC(=NCc1ccc(F)cc1CSC)NCCCCN(CC)CC. The number of nitrogens with one attached hydrogen (secondary N) is 2. The lowest BCUT2D eigenvalue weighted by Gasteiger charge is -2.18. The molecule has 6 heteroatoms. The topological polar surface area (TPSA) is 39.7 Å². The van der Waals surface area contributed by atoms with Gasteiger partial charge in [-0.05, 0) is 68.9 Å². The van der Waals surface area contributed by atoms with Gasteiger partial charge in [-0.3, -0.25) is 0 Å². The number of hydrogen-bond donors (Lipinski definition) is 2. The van der Waals surface area contributed by atoms with Crippen molar-refractivity contribution in [1.82, 2.24) is 15.5 Å². The van der Waals surface area contributed by atoms with Crippen LogP contribution in [0.15, 0.2) is 23.2 Å². The maximum absolute atomic E-state index is 13.5. The summed E-state index contributed by atoms with van der Waals surface area (Å²) in [5, 5.41) is 6.69. The molecule has 2 N–H and O–H groups in total. The molecule has 0 fully saturated rings. The third kappa shape index (κ3) is 8.90. The van der Waals surface area contributed by atoms with Crippen molar-refractivity contribution in [1.29, 1.82) is 0 Å². The van der Waals surface area contributed by atoms with Crippen LogP contribution < -0.4 is 10.6 Å². The largest absolute Gasteiger partial charge is 0.357 e. The van der Waals surface area contributed by atoms with Crippen molar-refractivity contribution in [2.24, 2.45) is 4.99 Å². The Balaban J connectivity index is 2.53. The summed E-state index contributed by atoms with van der Waals surface area (Å²) in [6.07, 6.45) is 4.33. The van der Waals surface area contributed by atoms with Crippen LogP contribution >= 0.6 is 11.8 Å². The first-order valence-electron chi connectivity index (χ1n) is 9.65. The van der Waals surface area contributed by atoms with E-state index < -0.39 is 0 Å². The molecule has 0 aromatic heterocycles. The molecular formula is C20H35FN4S. The second-order valence-corrected chi connectivity index (χ2v) is 7.07. The molecule has 1 aromatic carbocycles. The Morgan fingerprint density at radius 3 is 2.54 bits per heavy atom. The van der Waals surface area contributed by atoms with Crippen LogP contribution in [0.25, 0.3) is 0 Å². The molecule has 1 rings (SSSR count). The van der Waals surface area contributed by atoms with Gasteiger partial charge in [0.1, 0.15) is 5.82 Å². The Hall–Kier alpha value is -1.27. The number of benzene rings is 1. The molecule has 0 aliphatic rings. The first-order chi connectivity index (χ1) is 12.6. The van der Waals surface area contributed by atoms with Gasteiger partial charge in [0.25, 0.3) is 0 Å². The van der Waals surface area contributed by atoms with Crippen molar-refractivity contribution in [3.05, 3.63) is 35.1 Å². The van der Waals surface area contributed by atoms with Crippen LogP contribution in [0.2, 0.25) is 0 Å². The number of rotatable bonds is 12. The van der Waals surface area contributed by atoms with Gasteiger partial charge in [-0.2, -0.15) is 11.8 Å². The fourth-order valence-electron chi connectivity index (χ4n) is 2.75. The maximum atomic E-state index is 13.5. The minimum atomic E-state index is -0.181. The molecule has 148 valence electrons. The molecule has 0 bridgehead atoms. The summed E-state index contributed by atoms with van der Waals surface area (Å²) in [6.45, 7) is 12.2. The van der Waals surface area contributed by atoms with Gasteiger partial charge in [0, 0.05) is 18.8 Å². The summed E-state index contributed by atoms with van der Waals surface area (Å²) in [4.78, 5) is 7.12.